The minimum Gasteiger partial charge on any atom is -0.426 e. The molecule has 0 amide bonds. The number of hydrogen-bond acceptors (Lipinski definition) is 4. The maximum Gasteiger partial charge on any atom is 0.313 e. The highest BCUT2D eigenvalue weighted by molar-refractivity contribution is 5.72. The van der Waals surface area contributed by atoms with E-state index in [9.17, 15) is 9.90 Å². The lowest BCUT2D eigenvalue weighted by Crippen LogP contribution is -2.30. The van der Waals surface area contributed by atoms with E-state index in [2.05, 4.69) is 0 Å². The standard InChI is InChI=1S/C18H20O4/c1-14(21-13-15-8-4-2-5-9-15)17(19)12-18(20)22-16-10-6-3-7-11-16/h2-11,14,17,19H,12-13H2,1H3/t14-,17+/m0/s1. The summed E-state index contributed by atoms with van der Waals surface area (Å²) in [5.74, 6) is -0.00795. The number of rotatable bonds is 7. The zero-order chi connectivity index (χ0) is 15.8. The Morgan fingerprint density at radius 1 is 1.05 bits per heavy atom. The molecule has 2 aromatic carbocycles. The third-order valence-corrected chi connectivity index (χ3v) is 3.25. The lowest BCUT2D eigenvalue weighted by atomic mass is 10.1. The molecule has 0 radical (unpaired) electrons. The van der Waals surface area contributed by atoms with Crippen LogP contribution in [0.15, 0.2) is 60.7 Å². The quantitative estimate of drug-likeness (QED) is 0.631. The number of carbonyl (C=O) groups is 1. The van der Waals surface area contributed by atoms with Gasteiger partial charge in [-0.15, -0.1) is 0 Å². The second-order valence-electron chi connectivity index (χ2n) is 5.06. The molecule has 4 heteroatoms. The van der Waals surface area contributed by atoms with Gasteiger partial charge in [0.2, 0.25) is 0 Å². The maximum absolute atomic E-state index is 11.8. The van der Waals surface area contributed by atoms with Crippen molar-refractivity contribution in [1.29, 1.82) is 0 Å². The zero-order valence-electron chi connectivity index (χ0n) is 12.5. The first-order chi connectivity index (χ1) is 10.6. The van der Waals surface area contributed by atoms with Crippen LogP contribution in [0.4, 0.5) is 0 Å². The average Bonchev–Trinajstić information content (AvgIpc) is 2.54. The van der Waals surface area contributed by atoms with Crippen LogP contribution in [0.5, 0.6) is 5.75 Å². The Balaban J connectivity index is 1.76. The molecule has 1 N–H and O–H groups in total. The number of hydrogen-bond donors (Lipinski definition) is 1. The Hall–Kier alpha value is -2.17. The summed E-state index contributed by atoms with van der Waals surface area (Å²) in [6.45, 7) is 2.14. The third kappa shape index (κ3) is 5.31. The van der Waals surface area contributed by atoms with Gasteiger partial charge in [0.05, 0.1) is 25.2 Å². The molecular weight excluding hydrogens is 280 g/mol. The van der Waals surface area contributed by atoms with Crippen LogP contribution >= 0.6 is 0 Å². The molecule has 2 atom stereocenters. The first-order valence-corrected chi connectivity index (χ1v) is 7.24. The summed E-state index contributed by atoms with van der Waals surface area (Å²) < 4.78 is 10.7. The fourth-order valence-corrected chi connectivity index (χ4v) is 1.91. The summed E-state index contributed by atoms with van der Waals surface area (Å²) in [7, 11) is 0. The molecule has 0 saturated carbocycles. The van der Waals surface area contributed by atoms with Gasteiger partial charge in [-0.2, -0.15) is 0 Å². The van der Waals surface area contributed by atoms with E-state index in [-0.39, 0.29) is 6.42 Å². The van der Waals surface area contributed by atoms with Gasteiger partial charge in [-0.3, -0.25) is 4.79 Å². The van der Waals surface area contributed by atoms with Crippen molar-refractivity contribution >= 4 is 5.97 Å². The van der Waals surface area contributed by atoms with E-state index in [4.69, 9.17) is 9.47 Å². The van der Waals surface area contributed by atoms with Crippen LogP contribution in [0.1, 0.15) is 18.9 Å². The highest BCUT2D eigenvalue weighted by Gasteiger charge is 2.20. The van der Waals surface area contributed by atoms with Crippen molar-refractivity contribution in [2.45, 2.75) is 32.2 Å². The van der Waals surface area contributed by atoms with E-state index in [1.807, 2.05) is 36.4 Å². The lowest BCUT2D eigenvalue weighted by molar-refractivity contribution is -0.139. The number of esters is 1. The van der Waals surface area contributed by atoms with E-state index in [0.717, 1.165) is 5.56 Å². The Bertz CT molecular complexity index is 568. The van der Waals surface area contributed by atoms with Crippen molar-refractivity contribution in [2.75, 3.05) is 0 Å². The van der Waals surface area contributed by atoms with Gasteiger partial charge in [-0.05, 0) is 24.6 Å². The molecule has 0 aliphatic rings. The first-order valence-electron chi connectivity index (χ1n) is 7.24. The van der Waals surface area contributed by atoms with E-state index in [1.54, 1.807) is 31.2 Å². The van der Waals surface area contributed by atoms with Crippen molar-refractivity contribution in [3.63, 3.8) is 0 Å². The van der Waals surface area contributed by atoms with Gasteiger partial charge in [0.25, 0.3) is 0 Å². The predicted molar refractivity (Wildman–Crippen MR) is 83.4 cm³/mol. The molecule has 0 spiro atoms. The van der Waals surface area contributed by atoms with Gasteiger partial charge in [-0.1, -0.05) is 48.5 Å². The van der Waals surface area contributed by atoms with Gasteiger partial charge >= 0.3 is 5.97 Å². The minimum atomic E-state index is -0.903. The molecule has 0 bridgehead atoms. The predicted octanol–water partition coefficient (Wildman–Crippen LogP) is 2.95. The Labute approximate surface area is 130 Å². The molecule has 116 valence electrons. The van der Waals surface area contributed by atoms with E-state index >= 15 is 0 Å². The van der Waals surface area contributed by atoms with Gasteiger partial charge < -0.3 is 14.6 Å². The van der Waals surface area contributed by atoms with Gasteiger partial charge in [0.15, 0.2) is 0 Å². The van der Waals surface area contributed by atoms with Crippen LogP contribution in [-0.4, -0.2) is 23.3 Å². The normalized spacial score (nSPS) is 13.4. The molecule has 0 unspecified atom stereocenters. The Morgan fingerprint density at radius 2 is 1.64 bits per heavy atom. The Morgan fingerprint density at radius 3 is 2.27 bits per heavy atom. The van der Waals surface area contributed by atoms with E-state index < -0.39 is 18.2 Å². The third-order valence-electron chi connectivity index (χ3n) is 3.25. The monoisotopic (exact) mass is 300 g/mol. The van der Waals surface area contributed by atoms with Crippen molar-refractivity contribution in [1.82, 2.24) is 0 Å². The molecule has 2 rings (SSSR count). The van der Waals surface area contributed by atoms with Crippen molar-refractivity contribution in [3.05, 3.63) is 66.2 Å². The number of ether oxygens (including phenoxy) is 2. The number of carbonyl (C=O) groups excluding carboxylic acids is 1. The van der Waals surface area contributed by atoms with Crippen LogP contribution in [-0.2, 0) is 16.1 Å². The van der Waals surface area contributed by atoms with Gasteiger partial charge in [-0.25, -0.2) is 0 Å². The van der Waals surface area contributed by atoms with E-state index in [0.29, 0.717) is 12.4 Å². The topological polar surface area (TPSA) is 55.8 Å². The lowest BCUT2D eigenvalue weighted by Gasteiger charge is -2.19. The van der Waals surface area contributed by atoms with Crippen LogP contribution in [0.3, 0.4) is 0 Å². The highest BCUT2D eigenvalue weighted by Crippen LogP contribution is 2.12. The molecule has 0 heterocycles. The summed E-state index contributed by atoms with van der Waals surface area (Å²) in [5.41, 5.74) is 1.02. The number of aliphatic hydroxyl groups is 1. The maximum atomic E-state index is 11.8. The van der Waals surface area contributed by atoms with Crippen LogP contribution < -0.4 is 4.74 Å². The molecule has 0 aliphatic heterocycles. The molecule has 4 nitrogen and oxygen atoms in total. The first kappa shape index (κ1) is 16.2. The van der Waals surface area contributed by atoms with Gasteiger partial charge in [0, 0.05) is 0 Å². The van der Waals surface area contributed by atoms with E-state index in [1.165, 1.54) is 0 Å². The molecule has 22 heavy (non-hydrogen) atoms. The second kappa shape index (κ2) is 8.32. The number of aliphatic hydroxyl groups excluding tert-OH is 1. The van der Waals surface area contributed by atoms with Crippen molar-refractivity contribution in [3.8, 4) is 5.75 Å². The van der Waals surface area contributed by atoms with Crippen molar-refractivity contribution < 1.29 is 19.4 Å². The smallest absolute Gasteiger partial charge is 0.313 e. The fraction of sp³-hybridized carbons (Fsp3) is 0.278. The van der Waals surface area contributed by atoms with Crippen molar-refractivity contribution in [2.24, 2.45) is 0 Å². The molecule has 0 saturated heterocycles. The SMILES string of the molecule is C[C@H](OCc1ccccc1)[C@H](O)CC(=O)Oc1ccccc1. The molecular formula is C18H20O4. The van der Waals surface area contributed by atoms with Gasteiger partial charge in [0.1, 0.15) is 5.75 Å². The Kier molecular flexibility index (Phi) is 6.13. The molecule has 0 fully saturated rings. The summed E-state index contributed by atoms with van der Waals surface area (Å²) >= 11 is 0. The summed E-state index contributed by atoms with van der Waals surface area (Å²) in [4.78, 5) is 11.8. The largest absolute Gasteiger partial charge is 0.426 e. The minimum absolute atomic E-state index is 0.106. The van der Waals surface area contributed by atoms with Crippen LogP contribution in [0.25, 0.3) is 0 Å². The van der Waals surface area contributed by atoms with Crippen LogP contribution in [0.2, 0.25) is 0 Å². The molecule has 2 aromatic rings. The number of para-hydroxylation sites is 1. The summed E-state index contributed by atoms with van der Waals surface area (Å²) in [5, 5.41) is 10.0. The summed E-state index contributed by atoms with van der Waals surface area (Å²) in [6.07, 6.45) is -1.46. The molecule has 0 aliphatic carbocycles. The second-order valence-corrected chi connectivity index (χ2v) is 5.06. The summed E-state index contributed by atoms with van der Waals surface area (Å²) in [6, 6.07) is 18.5. The zero-order valence-corrected chi connectivity index (χ0v) is 12.5. The average molecular weight is 300 g/mol. The number of benzene rings is 2. The highest BCUT2D eigenvalue weighted by atomic mass is 16.5. The van der Waals surface area contributed by atoms with Crippen LogP contribution in [0, 0.1) is 0 Å². The fourth-order valence-electron chi connectivity index (χ4n) is 1.91. The molecule has 0 aromatic heterocycles.